The molecule has 8 heteroatoms. The maximum Gasteiger partial charge on any atom is 0.274 e. The van der Waals surface area contributed by atoms with Gasteiger partial charge in [-0.2, -0.15) is 0 Å². The van der Waals surface area contributed by atoms with Crippen LogP contribution in [0.2, 0.25) is 0 Å². The topological polar surface area (TPSA) is 87.8 Å². The second-order valence-electron chi connectivity index (χ2n) is 8.64. The second-order valence-corrected chi connectivity index (χ2v) is 8.64. The van der Waals surface area contributed by atoms with E-state index in [1.807, 2.05) is 18.7 Å². The van der Waals surface area contributed by atoms with Crippen molar-refractivity contribution < 1.29 is 23.6 Å². The first-order chi connectivity index (χ1) is 14.5. The molecule has 1 aliphatic heterocycles. The zero-order valence-corrected chi connectivity index (χ0v) is 17.6. The number of carbonyl (C=O) groups is 1. The van der Waals surface area contributed by atoms with Gasteiger partial charge in [0.1, 0.15) is 0 Å². The standard InChI is InChI=1S/C22H30FN3O4/c1-13-10-26(11-14(2)29-13)20-16(12-27)8-17-19(25-30-21(17)18(20)23)22(28)24-9-15-6-4-3-5-7-15/h8,13-15,27H,3-7,9-12H2,1-2H3,(H,24,28). The van der Waals surface area contributed by atoms with Crippen LogP contribution < -0.4 is 10.2 Å². The van der Waals surface area contributed by atoms with Gasteiger partial charge in [0.25, 0.3) is 5.91 Å². The number of morpholine rings is 1. The Balaban J connectivity index is 1.61. The van der Waals surface area contributed by atoms with Crippen molar-refractivity contribution in [2.75, 3.05) is 24.5 Å². The minimum Gasteiger partial charge on any atom is -0.392 e. The van der Waals surface area contributed by atoms with Gasteiger partial charge >= 0.3 is 0 Å². The highest BCUT2D eigenvalue weighted by atomic mass is 19.1. The van der Waals surface area contributed by atoms with Crippen LogP contribution in [0.15, 0.2) is 10.6 Å². The van der Waals surface area contributed by atoms with Gasteiger partial charge in [0.2, 0.25) is 5.58 Å². The zero-order valence-electron chi connectivity index (χ0n) is 17.6. The van der Waals surface area contributed by atoms with Crippen LogP contribution in [0.25, 0.3) is 11.0 Å². The molecular weight excluding hydrogens is 389 g/mol. The minimum absolute atomic E-state index is 0.0585. The number of aromatic nitrogens is 1. The fourth-order valence-corrected chi connectivity index (χ4v) is 4.78. The van der Waals surface area contributed by atoms with Gasteiger partial charge in [-0.25, -0.2) is 4.39 Å². The molecule has 4 rings (SSSR count). The van der Waals surface area contributed by atoms with Crippen molar-refractivity contribution >= 4 is 22.6 Å². The molecule has 2 unspecified atom stereocenters. The monoisotopic (exact) mass is 419 g/mol. The van der Waals surface area contributed by atoms with Crippen molar-refractivity contribution in [2.45, 2.75) is 64.8 Å². The fraction of sp³-hybridized carbons (Fsp3) is 0.636. The van der Waals surface area contributed by atoms with E-state index in [0.29, 0.717) is 31.1 Å². The van der Waals surface area contributed by atoms with Crippen molar-refractivity contribution in [3.05, 3.63) is 23.1 Å². The molecule has 1 saturated carbocycles. The largest absolute Gasteiger partial charge is 0.392 e. The Morgan fingerprint density at radius 3 is 2.63 bits per heavy atom. The van der Waals surface area contributed by atoms with E-state index >= 15 is 4.39 Å². The Morgan fingerprint density at radius 2 is 1.97 bits per heavy atom. The van der Waals surface area contributed by atoms with E-state index in [1.54, 1.807) is 6.07 Å². The lowest BCUT2D eigenvalue weighted by Gasteiger charge is -2.37. The maximum atomic E-state index is 15.4. The van der Waals surface area contributed by atoms with E-state index in [2.05, 4.69) is 10.5 Å². The molecule has 1 amide bonds. The quantitative estimate of drug-likeness (QED) is 0.773. The lowest BCUT2D eigenvalue weighted by molar-refractivity contribution is -0.00550. The Kier molecular flexibility index (Phi) is 6.24. The van der Waals surface area contributed by atoms with Crippen LogP contribution in [0.5, 0.6) is 0 Å². The highest BCUT2D eigenvalue weighted by Crippen LogP contribution is 2.35. The van der Waals surface area contributed by atoms with E-state index < -0.39 is 5.82 Å². The van der Waals surface area contributed by atoms with E-state index in [4.69, 9.17) is 9.26 Å². The summed E-state index contributed by atoms with van der Waals surface area (Å²) in [4.78, 5) is 14.6. The molecule has 2 aromatic rings. The minimum atomic E-state index is -0.600. The molecule has 2 heterocycles. The molecule has 0 radical (unpaired) electrons. The fourth-order valence-electron chi connectivity index (χ4n) is 4.78. The third-order valence-corrected chi connectivity index (χ3v) is 6.16. The summed E-state index contributed by atoms with van der Waals surface area (Å²) in [6.45, 7) is 5.11. The Bertz CT molecular complexity index is 899. The summed E-state index contributed by atoms with van der Waals surface area (Å²) in [5.74, 6) is -0.497. The first kappa shape index (κ1) is 21.1. The average Bonchev–Trinajstić information content (AvgIpc) is 3.16. The maximum absolute atomic E-state index is 15.4. The van der Waals surface area contributed by atoms with Crippen molar-refractivity contribution in [1.29, 1.82) is 0 Å². The van der Waals surface area contributed by atoms with Crippen molar-refractivity contribution in [3.63, 3.8) is 0 Å². The van der Waals surface area contributed by atoms with Gasteiger partial charge in [-0.05, 0) is 38.7 Å². The van der Waals surface area contributed by atoms with Crippen LogP contribution in [-0.2, 0) is 11.3 Å². The van der Waals surface area contributed by atoms with E-state index in [1.165, 1.54) is 19.3 Å². The molecule has 1 saturated heterocycles. The van der Waals surface area contributed by atoms with Crippen molar-refractivity contribution in [2.24, 2.45) is 5.92 Å². The van der Waals surface area contributed by atoms with Crippen LogP contribution in [-0.4, -0.2) is 48.0 Å². The number of fused-ring (bicyclic) bond motifs is 1. The van der Waals surface area contributed by atoms with Gasteiger partial charge < -0.3 is 24.6 Å². The predicted molar refractivity (Wildman–Crippen MR) is 111 cm³/mol. The number of hydrogen-bond donors (Lipinski definition) is 2. The number of rotatable bonds is 5. The van der Waals surface area contributed by atoms with Gasteiger partial charge in [0, 0.05) is 25.2 Å². The molecule has 0 spiro atoms. The summed E-state index contributed by atoms with van der Waals surface area (Å²) in [6, 6.07) is 1.62. The molecule has 1 aromatic carbocycles. The average molecular weight is 419 g/mol. The van der Waals surface area contributed by atoms with Crippen LogP contribution in [0.3, 0.4) is 0 Å². The highest BCUT2D eigenvalue weighted by molar-refractivity contribution is 6.05. The Labute approximate surface area is 175 Å². The van der Waals surface area contributed by atoms with Gasteiger partial charge in [-0.15, -0.1) is 0 Å². The Hall–Kier alpha value is -2.19. The number of anilines is 1. The molecular formula is C22H30FN3O4. The van der Waals surface area contributed by atoms with Crippen molar-refractivity contribution in [3.8, 4) is 0 Å². The second kappa shape index (κ2) is 8.89. The predicted octanol–water partition coefficient (Wildman–Crippen LogP) is 3.38. The van der Waals surface area contributed by atoms with Gasteiger partial charge in [-0.3, -0.25) is 4.79 Å². The number of hydrogen-bond acceptors (Lipinski definition) is 6. The van der Waals surface area contributed by atoms with E-state index in [9.17, 15) is 9.90 Å². The lowest BCUT2D eigenvalue weighted by Crippen LogP contribution is -2.46. The lowest BCUT2D eigenvalue weighted by atomic mass is 9.89. The van der Waals surface area contributed by atoms with Crippen LogP contribution in [0.1, 0.15) is 62.0 Å². The summed E-state index contributed by atoms with van der Waals surface area (Å²) in [5.41, 5.74) is 0.699. The highest BCUT2D eigenvalue weighted by Gasteiger charge is 2.30. The number of amides is 1. The SMILES string of the molecule is CC1CN(c2c(CO)cc3c(C(=O)NCC4CCCCC4)noc3c2F)CC(C)O1. The van der Waals surface area contributed by atoms with Crippen LogP contribution in [0, 0.1) is 11.7 Å². The summed E-state index contributed by atoms with van der Waals surface area (Å²) in [6.07, 6.45) is 5.74. The third kappa shape index (κ3) is 4.16. The number of nitrogens with one attached hydrogen (secondary N) is 1. The van der Waals surface area contributed by atoms with Gasteiger partial charge in [0.15, 0.2) is 11.5 Å². The number of halogens is 1. The first-order valence-corrected chi connectivity index (χ1v) is 10.9. The van der Waals surface area contributed by atoms with E-state index in [-0.39, 0.29) is 47.1 Å². The molecule has 2 aliphatic rings. The molecule has 2 atom stereocenters. The van der Waals surface area contributed by atoms with Gasteiger partial charge in [-0.1, -0.05) is 24.4 Å². The number of aliphatic hydroxyl groups is 1. The molecule has 7 nitrogen and oxygen atoms in total. The molecule has 1 aromatic heterocycles. The number of benzene rings is 1. The molecule has 30 heavy (non-hydrogen) atoms. The van der Waals surface area contributed by atoms with Gasteiger partial charge in [0.05, 0.1) is 29.9 Å². The number of aliphatic hydroxyl groups excluding tert-OH is 1. The number of carbonyl (C=O) groups excluding carboxylic acids is 1. The summed E-state index contributed by atoms with van der Waals surface area (Å²) >= 11 is 0. The summed E-state index contributed by atoms with van der Waals surface area (Å²) < 4.78 is 26.4. The molecule has 2 N–H and O–H groups in total. The van der Waals surface area contributed by atoms with Crippen LogP contribution >= 0.6 is 0 Å². The zero-order chi connectivity index (χ0) is 21.3. The smallest absolute Gasteiger partial charge is 0.274 e. The third-order valence-electron chi connectivity index (χ3n) is 6.16. The number of nitrogens with zero attached hydrogens (tertiary/aromatic N) is 2. The van der Waals surface area contributed by atoms with Crippen molar-refractivity contribution in [1.82, 2.24) is 10.5 Å². The number of ether oxygens (including phenoxy) is 1. The normalized spacial score (nSPS) is 23.1. The Morgan fingerprint density at radius 1 is 1.27 bits per heavy atom. The molecule has 164 valence electrons. The van der Waals surface area contributed by atoms with Crippen LogP contribution in [0.4, 0.5) is 10.1 Å². The molecule has 2 fully saturated rings. The van der Waals surface area contributed by atoms with E-state index in [0.717, 1.165) is 12.8 Å². The molecule has 1 aliphatic carbocycles. The summed E-state index contributed by atoms with van der Waals surface area (Å²) in [5, 5.41) is 17.0. The molecule has 0 bridgehead atoms. The first-order valence-electron chi connectivity index (χ1n) is 10.9. The summed E-state index contributed by atoms with van der Waals surface area (Å²) in [7, 11) is 0.